The number of aromatic nitrogens is 3. The zero-order valence-electron chi connectivity index (χ0n) is 10.8. The number of methoxy groups -OCH3 is 1. The van der Waals surface area contributed by atoms with Crippen molar-refractivity contribution in [3.8, 4) is 0 Å². The summed E-state index contributed by atoms with van der Waals surface area (Å²) in [6.07, 6.45) is 1.33. The summed E-state index contributed by atoms with van der Waals surface area (Å²) in [5.41, 5.74) is 0. The molecule has 106 valence electrons. The van der Waals surface area contributed by atoms with Crippen molar-refractivity contribution in [2.75, 3.05) is 26.8 Å². The Labute approximate surface area is 110 Å². The van der Waals surface area contributed by atoms with E-state index < -0.39 is 24.6 Å². The van der Waals surface area contributed by atoms with Gasteiger partial charge in [-0.25, -0.2) is 9.78 Å². The van der Waals surface area contributed by atoms with Gasteiger partial charge in [-0.05, 0) is 6.92 Å². The van der Waals surface area contributed by atoms with E-state index in [0.717, 1.165) is 4.90 Å². The second kappa shape index (κ2) is 7.31. The quantitative estimate of drug-likeness (QED) is 0.621. The molecule has 1 rings (SSSR count). The van der Waals surface area contributed by atoms with Crippen molar-refractivity contribution in [3.63, 3.8) is 0 Å². The van der Waals surface area contributed by atoms with E-state index in [1.54, 1.807) is 6.92 Å². The normalized spacial score (nSPS) is 11.9. The van der Waals surface area contributed by atoms with Gasteiger partial charge in [-0.1, -0.05) is 0 Å². The number of carbonyl (C=O) groups is 2. The average Bonchev–Trinajstić information content (AvgIpc) is 2.87. The second-order valence-electron chi connectivity index (χ2n) is 3.85. The molecule has 9 heteroatoms. The first kappa shape index (κ1) is 14.9. The Morgan fingerprint density at radius 3 is 2.89 bits per heavy atom. The van der Waals surface area contributed by atoms with Crippen molar-refractivity contribution < 1.29 is 19.4 Å². The molecule has 2 amide bonds. The molecule has 19 heavy (non-hydrogen) atoms. The van der Waals surface area contributed by atoms with Crippen molar-refractivity contribution in [2.45, 2.75) is 13.0 Å². The lowest BCUT2D eigenvalue weighted by Crippen LogP contribution is -2.45. The first-order valence-corrected chi connectivity index (χ1v) is 5.66. The van der Waals surface area contributed by atoms with Gasteiger partial charge < -0.3 is 20.1 Å². The summed E-state index contributed by atoms with van der Waals surface area (Å²) >= 11 is 0. The molecule has 0 aliphatic rings. The van der Waals surface area contributed by atoms with E-state index in [1.807, 2.05) is 0 Å². The van der Waals surface area contributed by atoms with Crippen LogP contribution in [0.3, 0.4) is 0 Å². The molecule has 1 atom stereocenters. The number of urea groups is 1. The van der Waals surface area contributed by atoms with E-state index in [4.69, 9.17) is 9.84 Å². The maximum absolute atomic E-state index is 11.9. The highest BCUT2D eigenvalue weighted by Crippen LogP contribution is 2.05. The van der Waals surface area contributed by atoms with Gasteiger partial charge >= 0.3 is 12.0 Å². The number of H-pyrrole nitrogens is 1. The van der Waals surface area contributed by atoms with Crippen LogP contribution >= 0.6 is 0 Å². The first-order chi connectivity index (χ1) is 9.04. The lowest BCUT2D eigenvalue weighted by atomic mass is 10.3. The first-order valence-electron chi connectivity index (χ1n) is 5.66. The molecular formula is C10H17N5O4. The standard InChI is InChI=1S/C10H17N5O4/c1-7(9-11-6-12-14-9)13-10(18)15(3-4-19-2)5-8(16)17/h6-7H,3-5H2,1-2H3,(H,13,18)(H,16,17)(H,11,12,14). The summed E-state index contributed by atoms with van der Waals surface area (Å²) in [6, 6.07) is -0.891. The van der Waals surface area contributed by atoms with Gasteiger partial charge in [0.05, 0.1) is 12.6 Å². The minimum Gasteiger partial charge on any atom is -0.480 e. The van der Waals surface area contributed by atoms with Crippen LogP contribution in [-0.2, 0) is 9.53 Å². The number of nitrogens with one attached hydrogen (secondary N) is 2. The van der Waals surface area contributed by atoms with Gasteiger partial charge in [0.15, 0.2) is 0 Å². The molecule has 0 saturated carbocycles. The van der Waals surface area contributed by atoms with Crippen LogP contribution in [0.5, 0.6) is 0 Å². The van der Waals surface area contributed by atoms with Crippen molar-refractivity contribution in [1.82, 2.24) is 25.4 Å². The number of aromatic amines is 1. The zero-order valence-corrected chi connectivity index (χ0v) is 10.8. The summed E-state index contributed by atoms with van der Waals surface area (Å²) in [6.45, 7) is 1.78. The maximum atomic E-state index is 11.9. The minimum atomic E-state index is -1.08. The van der Waals surface area contributed by atoms with E-state index in [1.165, 1.54) is 13.4 Å². The topological polar surface area (TPSA) is 120 Å². The van der Waals surface area contributed by atoms with Gasteiger partial charge in [0.2, 0.25) is 0 Å². The molecule has 3 N–H and O–H groups in total. The molecule has 1 heterocycles. The Morgan fingerprint density at radius 2 is 2.37 bits per heavy atom. The summed E-state index contributed by atoms with van der Waals surface area (Å²) in [7, 11) is 1.48. The fraction of sp³-hybridized carbons (Fsp3) is 0.600. The van der Waals surface area contributed by atoms with Gasteiger partial charge in [-0.3, -0.25) is 9.89 Å². The highest BCUT2D eigenvalue weighted by molar-refractivity contribution is 5.80. The number of carboxylic acid groups (broad SMARTS) is 1. The molecule has 0 saturated heterocycles. The highest BCUT2D eigenvalue weighted by Gasteiger charge is 2.19. The third-order valence-corrected chi connectivity index (χ3v) is 2.36. The number of carboxylic acids is 1. The predicted octanol–water partition coefficient (Wildman–Crippen LogP) is -0.392. The molecule has 0 fully saturated rings. The van der Waals surface area contributed by atoms with Crippen LogP contribution < -0.4 is 5.32 Å². The lowest BCUT2D eigenvalue weighted by molar-refractivity contribution is -0.137. The fourth-order valence-electron chi connectivity index (χ4n) is 1.39. The average molecular weight is 271 g/mol. The maximum Gasteiger partial charge on any atom is 0.323 e. The molecule has 9 nitrogen and oxygen atoms in total. The van der Waals surface area contributed by atoms with Crippen LogP contribution in [0.4, 0.5) is 4.79 Å². The molecule has 0 aliphatic carbocycles. The fourth-order valence-corrected chi connectivity index (χ4v) is 1.39. The Morgan fingerprint density at radius 1 is 1.63 bits per heavy atom. The van der Waals surface area contributed by atoms with Crippen molar-refractivity contribution in [2.24, 2.45) is 0 Å². The Hall–Kier alpha value is -2.16. The Kier molecular flexibility index (Phi) is 5.73. The van der Waals surface area contributed by atoms with Crippen molar-refractivity contribution in [1.29, 1.82) is 0 Å². The molecule has 1 aromatic rings. The summed E-state index contributed by atoms with van der Waals surface area (Å²) in [4.78, 5) is 27.7. The molecule has 0 aliphatic heterocycles. The van der Waals surface area contributed by atoms with E-state index >= 15 is 0 Å². The third-order valence-electron chi connectivity index (χ3n) is 2.36. The van der Waals surface area contributed by atoms with E-state index in [2.05, 4.69) is 20.5 Å². The number of hydrogen-bond acceptors (Lipinski definition) is 5. The summed E-state index contributed by atoms with van der Waals surface area (Å²) < 4.78 is 4.84. The zero-order chi connectivity index (χ0) is 14.3. The molecule has 1 unspecified atom stereocenters. The lowest BCUT2D eigenvalue weighted by Gasteiger charge is -2.22. The number of aliphatic carboxylic acids is 1. The van der Waals surface area contributed by atoms with E-state index in [0.29, 0.717) is 5.82 Å². The number of carbonyl (C=O) groups excluding carboxylic acids is 1. The Balaban J connectivity index is 2.57. The largest absolute Gasteiger partial charge is 0.480 e. The minimum absolute atomic E-state index is 0.192. The van der Waals surface area contributed by atoms with Gasteiger partial charge in [0.25, 0.3) is 0 Å². The molecule has 0 aromatic carbocycles. The smallest absolute Gasteiger partial charge is 0.323 e. The number of amides is 2. The summed E-state index contributed by atoms with van der Waals surface area (Å²) in [5.74, 6) is -0.589. The van der Waals surface area contributed by atoms with Gasteiger partial charge in [-0.15, -0.1) is 0 Å². The highest BCUT2D eigenvalue weighted by atomic mass is 16.5. The second-order valence-corrected chi connectivity index (χ2v) is 3.85. The van der Waals surface area contributed by atoms with Crippen LogP contribution in [0.25, 0.3) is 0 Å². The van der Waals surface area contributed by atoms with Gasteiger partial charge in [0, 0.05) is 13.7 Å². The van der Waals surface area contributed by atoms with Gasteiger partial charge in [0.1, 0.15) is 18.7 Å². The van der Waals surface area contributed by atoms with Crippen molar-refractivity contribution >= 4 is 12.0 Å². The molecule has 1 aromatic heterocycles. The molecular weight excluding hydrogens is 254 g/mol. The Bertz CT molecular complexity index is 408. The molecule has 0 spiro atoms. The van der Waals surface area contributed by atoms with E-state index in [-0.39, 0.29) is 13.2 Å². The number of hydrogen-bond donors (Lipinski definition) is 3. The monoisotopic (exact) mass is 271 g/mol. The van der Waals surface area contributed by atoms with Gasteiger partial charge in [-0.2, -0.15) is 5.10 Å². The van der Waals surface area contributed by atoms with Crippen molar-refractivity contribution in [3.05, 3.63) is 12.2 Å². The van der Waals surface area contributed by atoms with Crippen LogP contribution in [0, 0.1) is 0 Å². The van der Waals surface area contributed by atoms with Crippen LogP contribution in [-0.4, -0.2) is 64.0 Å². The number of rotatable bonds is 7. The molecule has 0 bridgehead atoms. The van der Waals surface area contributed by atoms with E-state index in [9.17, 15) is 9.59 Å². The summed E-state index contributed by atoms with van der Waals surface area (Å²) in [5, 5.41) is 17.7. The predicted molar refractivity (Wildman–Crippen MR) is 64.4 cm³/mol. The number of nitrogens with zero attached hydrogens (tertiary/aromatic N) is 3. The third kappa shape index (κ3) is 4.92. The number of ether oxygens (including phenoxy) is 1. The van der Waals surface area contributed by atoms with Crippen LogP contribution in [0.1, 0.15) is 18.8 Å². The SMILES string of the molecule is COCCN(CC(=O)O)C(=O)NC(C)c1ncn[nH]1. The van der Waals surface area contributed by atoms with Crippen LogP contribution in [0.15, 0.2) is 6.33 Å². The van der Waals surface area contributed by atoms with Crippen LogP contribution in [0.2, 0.25) is 0 Å². The molecule has 0 radical (unpaired) electrons.